The van der Waals surface area contributed by atoms with Crippen molar-refractivity contribution in [2.75, 3.05) is 25.0 Å². The summed E-state index contributed by atoms with van der Waals surface area (Å²) < 4.78 is 0. The molecule has 1 amide bonds. The first kappa shape index (κ1) is 15.5. The highest BCUT2D eigenvalue weighted by atomic mass is 16.1. The van der Waals surface area contributed by atoms with E-state index in [2.05, 4.69) is 30.4 Å². The highest BCUT2D eigenvalue weighted by Gasteiger charge is 2.26. The van der Waals surface area contributed by atoms with E-state index in [0.29, 0.717) is 6.42 Å². The molecule has 1 aromatic carbocycles. The number of carbonyl (C=O) groups is 1. The van der Waals surface area contributed by atoms with Crippen molar-refractivity contribution < 1.29 is 9.69 Å². The average Bonchev–Trinajstić information content (AvgIpc) is 3.19. The molecule has 3 heteroatoms. The van der Waals surface area contributed by atoms with E-state index in [1.165, 1.54) is 56.3 Å². The molecule has 0 spiro atoms. The molecule has 3 rings (SSSR count). The monoisotopic (exact) mass is 301 g/mol. The van der Waals surface area contributed by atoms with E-state index in [1.807, 2.05) is 0 Å². The van der Waals surface area contributed by atoms with Crippen molar-refractivity contribution in [2.45, 2.75) is 51.9 Å². The van der Waals surface area contributed by atoms with Crippen molar-refractivity contribution in [2.24, 2.45) is 5.92 Å². The third kappa shape index (κ3) is 4.33. The zero-order valence-electron chi connectivity index (χ0n) is 13.8. The molecule has 3 nitrogen and oxygen atoms in total. The molecule has 0 radical (unpaired) electrons. The molecule has 1 aromatic rings. The molecule has 0 aliphatic heterocycles. The van der Waals surface area contributed by atoms with Gasteiger partial charge in [0.25, 0.3) is 0 Å². The lowest BCUT2D eigenvalue weighted by molar-refractivity contribution is -0.901. The molecule has 1 fully saturated rings. The zero-order chi connectivity index (χ0) is 15.4. The minimum atomic E-state index is 0.169. The lowest BCUT2D eigenvalue weighted by Gasteiger charge is -2.18. The van der Waals surface area contributed by atoms with Crippen LogP contribution in [0.4, 0.5) is 5.69 Å². The van der Waals surface area contributed by atoms with Gasteiger partial charge in [0.1, 0.15) is 0 Å². The van der Waals surface area contributed by atoms with Crippen LogP contribution >= 0.6 is 0 Å². The van der Waals surface area contributed by atoms with Gasteiger partial charge in [-0.1, -0.05) is 13.0 Å². The molecule has 22 heavy (non-hydrogen) atoms. The number of anilines is 1. The smallest absolute Gasteiger partial charge is 0.230 e. The van der Waals surface area contributed by atoms with E-state index in [0.717, 1.165) is 24.6 Å². The van der Waals surface area contributed by atoms with Crippen LogP contribution in [0.25, 0.3) is 0 Å². The molecule has 0 heterocycles. The fraction of sp³-hybridized carbons (Fsp3) is 0.632. The number of amides is 1. The van der Waals surface area contributed by atoms with Gasteiger partial charge in [-0.2, -0.15) is 0 Å². The number of aryl methyl sites for hydroxylation is 2. The van der Waals surface area contributed by atoms with Crippen molar-refractivity contribution >= 4 is 11.6 Å². The van der Waals surface area contributed by atoms with Crippen LogP contribution in [0, 0.1) is 5.92 Å². The van der Waals surface area contributed by atoms with Gasteiger partial charge in [-0.3, -0.25) is 4.79 Å². The van der Waals surface area contributed by atoms with E-state index in [9.17, 15) is 4.79 Å². The number of benzene rings is 1. The number of quaternary nitrogens is 1. The fourth-order valence-corrected chi connectivity index (χ4v) is 3.58. The van der Waals surface area contributed by atoms with Gasteiger partial charge < -0.3 is 10.2 Å². The number of hydrogen-bond donors (Lipinski definition) is 2. The molecule has 1 unspecified atom stereocenters. The van der Waals surface area contributed by atoms with Gasteiger partial charge in [0.05, 0.1) is 26.1 Å². The summed E-state index contributed by atoms with van der Waals surface area (Å²) in [7, 11) is 0. The first-order valence-electron chi connectivity index (χ1n) is 9.00. The summed E-state index contributed by atoms with van der Waals surface area (Å²) >= 11 is 0. The summed E-state index contributed by atoms with van der Waals surface area (Å²) in [5.74, 6) is 1.10. The molecule has 120 valence electrons. The first-order valence-corrected chi connectivity index (χ1v) is 9.00. The molecule has 0 aromatic heterocycles. The van der Waals surface area contributed by atoms with E-state index >= 15 is 0 Å². The molecule has 0 saturated heterocycles. The van der Waals surface area contributed by atoms with Gasteiger partial charge in [-0.25, -0.2) is 0 Å². The second kappa shape index (κ2) is 7.28. The van der Waals surface area contributed by atoms with Crippen molar-refractivity contribution in [3.8, 4) is 0 Å². The van der Waals surface area contributed by atoms with Crippen LogP contribution in [-0.2, 0) is 17.6 Å². The number of rotatable bonds is 8. The van der Waals surface area contributed by atoms with Gasteiger partial charge in [0, 0.05) is 11.6 Å². The van der Waals surface area contributed by atoms with E-state index in [1.54, 1.807) is 4.90 Å². The molecule has 2 aliphatic carbocycles. The summed E-state index contributed by atoms with van der Waals surface area (Å²) in [4.78, 5) is 13.8. The number of fused-ring (bicyclic) bond motifs is 1. The Labute approximate surface area is 134 Å². The molecule has 2 N–H and O–H groups in total. The quantitative estimate of drug-likeness (QED) is 0.758. The van der Waals surface area contributed by atoms with Crippen molar-refractivity contribution in [3.63, 3.8) is 0 Å². The second-order valence-electron chi connectivity index (χ2n) is 7.03. The third-order valence-corrected chi connectivity index (χ3v) is 4.97. The maximum Gasteiger partial charge on any atom is 0.230 e. The van der Waals surface area contributed by atoms with Gasteiger partial charge in [0.15, 0.2) is 0 Å². The Morgan fingerprint density at radius 2 is 2.05 bits per heavy atom. The highest BCUT2D eigenvalue weighted by Crippen LogP contribution is 2.26. The van der Waals surface area contributed by atoms with Crippen LogP contribution in [0.15, 0.2) is 18.2 Å². The lowest BCUT2D eigenvalue weighted by Crippen LogP contribution is -3.12. The van der Waals surface area contributed by atoms with Gasteiger partial charge in [-0.15, -0.1) is 0 Å². The molecular formula is C19H29N2O+. The molecule has 1 atom stereocenters. The van der Waals surface area contributed by atoms with E-state index < -0.39 is 0 Å². The first-order chi connectivity index (χ1) is 10.7. The summed E-state index contributed by atoms with van der Waals surface area (Å²) in [5.41, 5.74) is 3.86. The summed E-state index contributed by atoms with van der Waals surface area (Å²) in [6.45, 7) is 5.67. The normalized spacial score (nSPS) is 18.0. The van der Waals surface area contributed by atoms with Gasteiger partial charge in [0.2, 0.25) is 5.91 Å². The topological polar surface area (TPSA) is 33.5 Å². The average molecular weight is 301 g/mol. The Bertz CT molecular complexity index is 522. The Morgan fingerprint density at radius 1 is 1.23 bits per heavy atom. The summed E-state index contributed by atoms with van der Waals surface area (Å²) in [6.07, 6.45) is 8.24. The van der Waals surface area contributed by atoms with Crippen molar-refractivity contribution in [1.29, 1.82) is 0 Å². The van der Waals surface area contributed by atoms with Crippen LogP contribution in [0.5, 0.6) is 0 Å². The largest absolute Gasteiger partial charge is 0.334 e. The number of hydrogen-bond acceptors (Lipinski definition) is 1. The maximum atomic E-state index is 12.2. The highest BCUT2D eigenvalue weighted by molar-refractivity contribution is 5.90. The lowest BCUT2D eigenvalue weighted by atomic mass is 10.1. The zero-order valence-corrected chi connectivity index (χ0v) is 13.8. The predicted molar refractivity (Wildman–Crippen MR) is 90.3 cm³/mol. The van der Waals surface area contributed by atoms with Crippen LogP contribution in [0.2, 0.25) is 0 Å². The van der Waals surface area contributed by atoms with Crippen LogP contribution < -0.4 is 10.2 Å². The fourth-order valence-electron chi connectivity index (χ4n) is 3.58. The maximum absolute atomic E-state index is 12.2. The standard InChI is InChI=1S/C19H28N2O/c1-2-11-21(14-15-6-7-15)12-10-19(22)20-18-9-8-16-4-3-5-17(16)13-18/h8-9,13,15H,2-7,10-12,14H2,1H3,(H,20,22)/p+1. The van der Waals surface area contributed by atoms with Gasteiger partial charge >= 0.3 is 0 Å². The second-order valence-corrected chi connectivity index (χ2v) is 7.03. The van der Waals surface area contributed by atoms with Crippen molar-refractivity contribution in [3.05, 3.63) is 29.3 Å². The van der Waals surface area contributed by atoms with Crippen molar-refractivity contribution in [1.82, 2.24) is 0 Å². The number of nitrogens with one attached hydrogen (secondary N) is 2. The van der Waals surface area contributed by atoms with Gasteiger partial charge in [-0.05, 0) is 61.8 Å². The summed E-state index contributed by atoms with van der Waals surface area (Å²) in [5, 5.41) is 3.09. The van der Waals surface area contributed by atoms with E-state index in [-0.39, 0.29) is 5.91 Å². The van der Waals surface area contributed by atoms with Crippen LogP contribution in [-0.4, -0.2) is 25.5 Å². The summed E-state index contributed by atoms with van der Waals surface area (Å²) in [6, 6.07) is 6.41. The van der Waals surface area contributed by atoms with E-state index in [4.69, 9.17) is 0 Å². The molecule has 1 saturated carbocycles. The SMILES string of the molecule is CCC[NH+](CCC(=O)Nc1ccc2c(c1)CCC2)CC1CC1. The van der Waals surface area contributed by atoms with Crippen LogP contribution in [0.1, 0.15) is 50.2 Å². The Hall–Kier alpha value is -1.35. The molecule has 2 aliphatic rings. The number of carbonyl (C=O) groups excluding carboxylic acids is 1. The minimum Gasteiger partial charge on any atom is -0.334 e. The molecule has 0 bridgehead atoms. The Morgan fingerprint density at radius 3 is 2.82 bits per heavy atom. The Balaban J connectivity index is 1.46. The Kier molecular flexibility index (Phi) is 5.14. The minimum absolute atomic E-state index is 0.169. The third-order valence-electron chi connectivity index (χ3n) is 4.97. The van der Waals surface area contributed by atoms with Crippen LogP contribution in [0.3, 0.4) is 0 Å². The molecular weight excluding hydrogens is 272 g/mol. The predicted octanol–water partition coefficient (Wildman–Crippen LogP) is 2.21.